The standard InChI is InChI=1S/C16H22N2O2/c19-11-9-12-3-7-14(8-4-12)18-10-1-2-15(16(18)20)17-13-5-6-13/h3-4,7-8,13,15,17,19H,1-2,5-6,9-11H2. The molecule has 2 N–H and O–H groups in total. The Morgan fingerprint density at radius 1 is 1.20 bits per heavy atom. The molecule has 108 valence electrons. The Kier molecular flexibility index (Phi) is 4.03. The van der Waals surface area contributed by atoms with Gasteiger partial charge in [0.05, 0.1) is 6.04 Å². The van der Waals surface area contributed by atoms with Crippen molar-refractivity contribution >= 4 is 11.6 Å². The third-order valence-corrected chi connectivity index (χ3v) is 4.10. The lowest BCUT2D eigenvalue weighted by Crippen LogP contribution is -2.51. The van der Waals surface area contributed by atoms with E-state index in [0.29, 0.717) is 12.5 Å². The summed E-state index contributed by atoms with van der Waals surface area (Å²) in [4.78, 5) is 14.4. The van der Waals surface area contributed by atoms with E-state index in [1.165, 1.54) is 12.8 Å². The van der Waals surface area contributed by atoms with Gasteiger partial charge >= 0.3 is 0 Å². The number of amides is 1. The Hall–Kier alpha value is -1.39. The summed E-state index contributed by atoms with van der Waals surface area (Å²) in [7, 11) is 0. The van der Waals surface area contributed by atoms with Gasteiger partial charge in [-0.15, -0.1) is 0 Å². The van der Waals surface area contributed by atoms with E-state index < -0.39 is 0 Å². The highest BCUT2D eigenvalue weighted by Gasteiger charge is 2.33. The summed E-state index contributed by atoms with van der Waals surface area (Å²) in [6.45, 7) is 0.969. The topological polar surface area (TPSA) is 52.6 Å². The second kappa shape index (κ2) is 5.94. The number of nitrogens with one attached hydrogen (secondary N) is 1. The Labute approximate surface area is 119 Å². The van der Waals surface area contributed by atoms with Crippen molar-refractivity contribution in [1.29, 1.82) is 0 Å². The first-order chi connectivity index (χ1) is 9.78. The Bertz CT molecular complexity index is 468. The summed E-state index contributed by atoms with van der Waals surface area (Å²) in [5, 5.41) is 12.4. The van der Waals surface area contributed by atoms with E-state index in [1.807, 2.05) is 29.2 Å². The fraction of sp³-hybridized carbons (Fsp3) is 0.562. The minimum Gasteiger partial charge on any atom is -0.396 e. The van der Waals surface area contributed by atoms with Gasteiger partial charge in [0, 0.05) is 24.9 Å². The van der Waals surface area contributed by atoms with Gasteiger partial charge in [0.1, 0.15) is 0 Å². The summed E-state index contributed by atoms with van der Waals surface area (Å²) in [6.07, 6.45) is 5.09. The van der Waals surface area contributed by atoms with Crippen LogP contribution in [0.25, 0.3) is 0 Å². The first-order valence-electron chi connectivity index (χ1n) is 7.55. The van der Waals surface area contributed by atoms with Crippen molar-refractivity contribution in [1.82, 2.24) is 5.32 Å². The molecule has 2 fully saturated rings. The van der Waals surface area contributed by atoms with E-state index in [-0.39, 0.29) is 18.6 Å². The molecule has 1 aromatic rings. The molecule has 20 heavy (non-hydrogen) atoms. The summed E-state index contributed by atoms with van der Waals surface area (Å²) >= 11 is 0. The maximum absolute atomic E-state index is 12.5. The van der Waals surface area contributed by atoms with Gasteiger partial charge in [0.25, 0.3) is 0 Å². The van der Waals surface area contributed by atoms with Crippen LogP contribution >= 0.6 is 0 Å². The zero-order chi connectivity index (χ0) is 13.9. The van der Waals surface area contributed by atoms with Gasteiger partial charge in [-0.1, -0.05) is 12.1 Å². The maximum Gasteiger partial charge on any atom is 0.244 e. The molecule has 0 radical (unpaired) electrons. The number of carbonyl (C=O) groups is 1. The molecule has 1 unspecified atom stereocenters. The second-order valence-corrected chi connectivity index (χ2v) is 5.77. The number of carbonyl (C=O) groups excluding carboxylic acids is 1. The van der Waals surface area contributed by atoms with Crippen LogP contribution in [0.15, 0.2) is 24.3 Å². The van der Waals surface area contributed by atoms with Crippen LogP contribution in [0.3, 0.4) is 0 Å². The molecule has 1 heterocycles. The minimum atomic E-state index is -0.00614. The normalized spacial score (nSPS) is 23.1. The molecular weight excluding hydrogens is 252 g/mol. The van der Waals surface area contributed by atoms with Gasteiger partial charge in [-0.3, -0.25) is 4.79 Å². The number of aliphatic hydroxyl groups is 1. The quantitative estimate of drug-likeness (QED) is 0.855. The summed E-state index contributed by atoms with van der Waals surface area (Å²) in [5.74, 6) is 0.207. The van der Waals surface area contributed by atoms with Crippen LogP contribution in [0.5, 0.6) is 0 Å². The number of rotatable bonds is 5. The van der Waals surface area contributed by atoms with Crippen LogP contribution < -0.4 is 10.2 Å². The van der Waals surface area contributed by atoms with Crippen LogP contribution in [0.1, 0.15) is 31.2 Å². The molecule has 1 aromatic carbocycles. The highest BCUT2D eigenvalue weighted by atomic mass is 16.3. The largest absolute Gasteiger partial charge is 0.396 e. The summed E-state index contributed by atoms with van der Waals surface area (Å²) in [5.41, 5.74) is 2.08. The lowest BCUT2D eigenvalue weighted by molar-refractivity contribution is -0.121. The number of hydrogen-bond donors (Lipinski definition) is 2. The Balaban J connectivity index is 1.69. The molecule has 1 saturated carbocycles. The molecule has 1 saturated heterocycles. The van der Waals surface area contributed by atoms with Crippen LogP contribution in [0.4, 0.5) is 5.69 Å². The van der Waals surface area contributed by atoms with Crippen LogP contribution in [0.2, 0.25) is 0 Å². The lowest BCUT2D eigenvalue weighted by atomic mass is 10.0. The highest BCUT2D eigenvalue weighted by Crippen LogP contribution is 2.25. The van der Waals surface area contributed by atoms with E-state index in [2.05, 4.69) is 5.32 Å². The van der Waals surface area contributed by atoms with Gasteiger partial charge in [0.15, 0.2) is 0 Å². The predicted molar refractivity (Wildman–Crippen MR) is 78.8 cm³/mol. The molecule has 0 spiro atoms. The number of nitrogens with zero attached hydrogens (tertiary/aromatic N) is 1. The van der Waals surface area contributed by atoms with E-state index >= 15 is 0 Å². The van der Waals surface area contributed by atoms with Gasteiger partial charge in [-0.2, -0.15) is 0 Å². The molecule has 4 nitrogen and oxygen atoms in total. The molecule has 4 heteroatoms. The van der Waals surface area contributed by atoms with Crippen LogP contribution in [-0.2, 0) is 11.2 Å². The lowest BCUT2D eigenvalue weighted by Gasteiger charge is -2.33. The number of aliphatic hydroxyl groups excluding tert-OH is 1. The zero-order valence-corrected chi connectivity index (χ0v) is 11.7. The van der Waals surface area contributed by atoms with Crippen molar-refractivity contribution in [2.24, 2.45) is 0 Å². The van der Waals surface area contributed by atoms with Crippen molar-refractivity contribution in [3.63, 3.8) is 0 Å². The predicted octanol–water partition coefficient (Wildman–Crippen LogP) is 1.47. The third kappa shape index (κ3) is 3.02. The SMILES string of the molecule is O=C1C(NC2CC2)CCCN1c1ccc(CCO)cc1. The van der Waals surface area contributed by atoms with E-state index in [1.54, 1.807) is 0 Å². The first kappa shape index (κ1) is 13.6. The first-order valence-corrected chi connectivity index (χ1v) is 7.55. The van der Waals surface area contributed by atoms with Crippen LogP contribution in [0, 0.1) is 0 Å². The molecule has 0 aromatic heterocycles. The molecule has 1 amide bonds. The number of hydrogen-bond acceptors (Lipinski definition) is 3. The molecule has 1 aliphatic carbocycles. The number of benzene rings is 1. The van der Waals surface area contributed by atoms with Crippen LogP contribution in [-0.4, -0.2) is 36.2 Å². The monoisotopic (exact) mass is 274 g/mol. The van der Waals surface area contributed by atoms with Crippen molar-refractivity contribution in [2.75, 3.05) is 18.1 Å². The Morgan fingerprint density at radius 3 is 2.60 bits per heavy atom. The summed E-state index contributed by atoms with van der Waals surface area (Å²) < 4.78 is 0. The molecular formula is C16H22N2O2. The summed E-state index contributed by atoms with van der Waals surface area (Å²) in [6, 6.07) is 8.53. The average molecular weight is 274 g/mol. The van der Waals surface area contributed by atoms with Crippen molar-refractivity contribution < 1.29 is 9.90 Å². The fourth-order valence-corrected chi connectivity index (χ4v) is 2.79. The maximum atomic E-state index is 12.5. The third-order valence-electron chi connectivity index (χ3n) is 4.10. The smallest absolute Gasteiger partial charge is 0.244 e. The van der Waals surface area contributed by atoms with Gasteiger partial charge in [-0.25, -0.2) is 0 Å². The highest BCUT2D eigenvalue weighted by molar-refractivity contribution is 5.98. The van der Waals surface area contributed by atoms with Gasteiger partial charge in [-0.05, 0) is 49.8 Å². The van der Waals surface area contributed by atoms with Crippen molar-refractivity contribution in [3.8, 4) is 0 Å². The van der Waals surface area contributed by atoms with Gasteiger partial charge < -0.3 is 15.3 Å². The molecule has 0 bridgehead atoms. The van der Waals surface area contributed by atoms with Crippen molar-refractivity contribution in [2.45, 2.75) is 44.2 Å². The second-order valence-electron chi connectivity index (χ2n) is 5.77. The Morgan fingerprint density at radius 2 is 1.95 bits per heavy atom. The molecule has 1 aliphatic heterocycles. The van der Waals surface area contributed by atoms with E-state index in [4.69, 9.17) is 5.11 Å². The van der Waals surface area contributed by atoms with Gasteiger partial charge in [0.2, 0.25) is 5.91 Å². The minimum absolute atomic E-state index is 0.00614. The zero-order valence-electron chi connectivity index (χ0n) is 11.7. The molecule has 1 atom stereocenters. The fourth-order valence-electron chi connectivity index (χ4n) is 2.79. The van der Waals surface area contributed by atoms with E-state index in [9.17, 15) is 4.79 Å². The molecule has 3 rings (SSSR count). The molecule has 2 aliphatic rings. The van der Waals surface area contributed by atoms with Crippen molar-refractivity contribution in [3.05, 3.63) is 29.8 Å². The van der Waals surface area contributed by atoms with E-state index in [0.717, 1.165) is 30.6 Å². The number of piperidine rings is 1. The average Bonchev–Trinajstić information content (AvgIpc) is 3.27. The number of anilines is 1.